The molecule has 0 amide bonds. The Labute approximate surface area is 170 Å². The summed E-state index contributed by atoms with van der Waals surface area (Å²) < 4.78 is 6.72. The van der Waals surface area contributed by atoms with E-state index in [0.717, 1.165) is 11.1 Å². The van der Waals surface area contributed by atoms with Crippen LogP contribution in [0.25, 0.3) is 22.3 Å². The van der Waals surface area contributed by atoms with Crippen molar-refractivity contribution >= 4 is 23.1 Å². The lowest BCUT2D eigenvalue weighted by atomic mass is 9.99. The Morgan fingerprint density at radius 3 is 2.57 bits per heavy atom. The van der Waals surface area contributed by atoms with E-state index in [1.807, 2.05) is 36.4 Å². The molecular formula is C19H20N4O7. The minimum absolute atomic E-state index is 0.214. The third kappa shape index (κ3) is 3.60. The second-order valence-electron chi connectivity index (χ2n) is 6.88. The van der Waals surface area contributed by atoms with E-state index in [1.165, 1.54) is 0 Å². The molecule has 0 aliphatic carbocycles. The van der Waals surface area contributed by atoms with Crippen molar-refractivity contribution in [1.82, 2.24) is 14.5 Å². The monoisotopic (exact) mass is 416 g/mol. The van der Waals surface area contributed by atoms with Gasteiger partial charge in [-0.15, -0.1) is 0 Å². The van der Waals surface area contributed by atoms with Gasteiger partial charge in [0.25, 0.3) is 0 Å². The number of aliphatic carboxylic acids is 1. The molecule has 1 saturated heterocycles. The third-order valence-corrected chi connectivity index (χ3v) is 4.92. The molecule has 0 radical (unpaired) electrons. The first-order chi connectivity index (χ1) is 14.4. The van der Waals surface area contributed by atoms with Gasteiger partial charge in [0.1, 0.15) is 18.3 Å². The predicted molar refractivity (Wildman–Crippen MR) is 103 cm³/mol. The van der Waals surface area contributed by atoms with Crippen LogP contribution in [-0.4, -0.2) is 71.6 Å². The fourth-order valence-electron chi connectivity index (χ4n) is 3.21. The number of anilines is 1. The molecular weight excluding hydrogens is 396 g/mol. The van der Waals surface area contributed by atoms with Gasteiger partial charge in [0.15, 0.2) is 11.8 Å². The molecule has 3 heterocycles. The standard InChI is InChI=1S/C19H20N4O7/c1-23-11-7-10(9-5-3-2-4-6-9)8-20-16(11)21-19(23)22-30-18-14(26)12(24)13(25)15(29-18)17(27)28/h2-8,12-15,18,24-26H,1H3,(H,27,28)(H,20,21,22)/t12-,13-,14+,15-,18-/m0/s1. The molecule has 1 fully saturated rings. The molecule has 158 valence electrons. The van der Waals surface area contributed by atoms with E-state index >= 15 is 0 Å². The van der Waals surface area contributed by atoms with Crippen molar-refractivity contribution in [2.75, 3.05) is 5.48 Å². The molecule has 1 aliphatic heterocycles. The summed E-state index contributed by atoms with van der Waals surface area (Å²) in [7, 11) is 1.72. The lowest BCUT2D eigenvalue weighted by molar-refractivity contribution is -0.287. The topological polar surface area (TPSA) is 159 Å². The van der Waals surface area contributed by atoms with Crippen molar-refractivity contribution in [3.05, 3.63) is 42.6 Å². The van der Waals surface area contributed by atoms with Crippen molar-refractivity contribution < 1.29 is 34.8 Å². The highest BCUT2D eigenvalue weighted by atomic mass is 16.8. The van der Waals surface area contributed by atoms with E-state index in [2.05, 4.69) is 15.4 Å². The van der Waals surface area contributed by atoms with Crippen LogP contribution in [0.5, 0.6) is 0 Å². The summed E-state index contributed by atoms with van der Waals surface area (Å²) in [5, 5.41) is 38.7. The molecule has 0 unspecified atom stereocenters. The highest BCUT2D eigenvalue weighted by molar-refractivity contribution is 5.80. The van der Waals surface area contributed by atoms with Crippen molar-refractivity contribution in [3.8, 4) is 11.1 Å². The number of aryl methyl sites for hydroxylation is 1. The first kappa shape index (κ1) is 20.2. The first-order valence-electron chi connectivity index (χ1n) is 9.09. The van der Waals surface area contributed by atoms with Crippen LogP contribution < -0.4 is 5.48 Å². The number of hydrogen-bond acceptors (Lipinski definition) is 9. The molecule has 0 spiro atoms. The number of aliphatic hydroxyl groups excluding tert-OH is 3. The number of fused-ring (bicyclic) bond motifs is 1. The zero-order valence-electron chi connectivity index (χ0n) is 15.8. The number of benzene rings is 1. The van der Waals surface area contributed by atoms with Gasteiger partial charge in [-0.25, -0.2) is 20.1 Å². The number of aliphatic hydroxyl groups is 3. The van der Waals surface area contributed by atoms with E-state index in [-0.39, 0.29) is 5.95 Å². The minimum atomic E-state index is -1.80. The Hall–Kier alpha value is -3.09. The van der Waals surface area contributed by atoms with E-state index in [1.54, 1.807) is 17.8 Å². The number of rotatable bonds is 5. The second-order valence-corrected chi connectivity index (χ2v) is 6.88. The lowest BCUT2D eigenvalue weighted by Crippen LogP contribution is -2.60. The zero-order valence-corrected chi connectivity index (χ0v) is 15.8. The SMILES string of the molecule is Cn1c(NO[C@@H]2O[C@H](C(=O)O)[C@@H](O)[C@H](O)[C@H]2O)nc2ncc(-c3ccccc3)cc21. The summed E-state index contributed by atoms with van der Waals surface area (Å²) in [6.45, 7) is 0. The number of ether oxygens (including phenoxy) is 1. The van der Waals surface area contributed by atoms with Crippen LogP contribution in [0.1, 0.15) is 0 Å². The second kappa shape index (κ2) is 7.97. The average Bonchev–Trinajstić information content (AvgIpc) is 3.07. The Morgan fingerprint density at radius 1 is 1.13 bits per heavy atom. The molecule has 3 aromatic rings. The number of carboxylic acid groups (broad SMARTS) is 1. The van der Waals surface area contributed by atoms with Crippen molar-refractivity contribution in [2.24, 2.45) is 7.05 Å². The van der Waals surface area contributed by atoms with E-state index in [4.69, 9.17) is 14.7 Å². The molecule has 0 saturated carbocycles. The van der Waals surface area contributed by atoms with Gasteiger partial charge >= 0.3 is 5.97 Å². The summed E-state index contributed by atoms with van der Waals surface area (Å²) >= 11 is 0. The maximum absolute atomic E-state index is 11.2. The highest BCUT2D eigenvalue weighted by Gasteiger charge is 2.48. The fourth-order valence-corrected chi connectivity index (χ4v) is 3.21. The maximum atomic E-state index is 11.2. The van der Waals surface area contributed by atoms with Crippen LogP contribution in [-0.2, 0) is 21.4 Å². The molecule has 1 aliphatic rings. The van der Waals surface area contributed by atoms with Gasteiger partial charge in [-0.3, -0.25) is 0 Å². The molecule has 30 heavy (non-hydrogen) atoms. The van der Waals surface area contributed by atoms with E-state index < -0.39 is 36.7 Å². The summed E-state index contributed by atoms with van der Waals surface area (Å²) in [6, 6.07) is 11.6. The number of imidazole rings is 1. The van der Waals surface area contributed by atoms with Gasteiger partial charge < -0.3 is 29.7 Å². The molecule has 5 atom stereocenters. The smallest absolute Gasteiger partial charge is 0.335 e. The van der Waals surface area contributed by atoms with Crippen LogP contribution in [0.15, 0.2) is 42.6 Å². The van der Waals surface area contributed by atoms with Crippen molar-refractivity contribution in [1.29, 1.82) is 0 Å². The lowest BCUT2D eigenvalue weighted by Gasteiger charge is -2.37. The van der Waals surface area contributed by atoms with Gasteiger partial charge in [0.2, 0.25) is 12.2 Å². The average molecular weight is 416 g/mol. The Kier molecular flexibility index (Phi) is 5.37. The summed E-state index contributed by atoms with van der Waals surface area (Å²) in [4.78, 5) is 25.1. The fraction of sp³-hybridized carbons (Fsp3) is 0.316. The first-order valence-corrected chi connectivity index (χ1v) is 9.09. The number of hydrogen-bond donors (Lipinski definition) is 5. The summed E-state index contributed by atoms with van der Waals surface area (Å²) in [5.41, 5.74) is 5.52. The minimum Gasteiger partial charge on any atom is -0.479 e. The molecule has 1 aromatic carbocycles. The van der Waals surface area contributed by atoms with Crippen LogP contribution >= 0.6 is 0 Å². The van der Waals surface area contributed by atoms with Crippen molar-refractivity contribution in [3.63, 3.8) is 0 Å². The van der Waals surface area contributed by atoms with Gasteiger partial charge in [-0.05, 0) is 11.6 Å². The molecule has 2 aromatic heterocycles. The predicted octanol–water partition coefficient (Wildman–Crippen LogP) is -0.129. The normalized spacial score (nSPS) is 26.6. The molecule has 5 N–H and O–H groups in total. The number of aromatic nitrogens is 3. The largest absolute Gasteiger partial charge is 0.479 e. The zero-order chi connectivity index (χ0) is 21.4. The number of pyridine rings is 1. The van der Waals surface area contributed by atoms with Crippen LogP contribution in [0.4, 0.5) is 5.95 Å². The Balaban J connectivity index is 1.54. The Bertz CT molecular complexity index is 1060. The summed E-state index contributed by atoms with van der Waals surface area (Å²) in [5.74, 6) is -1.28. The van der Waals surface area contributed by atoms with Gasteiger partial charge in [0, 0.05) is 18.8 Å². The molecule has 11 heteroatoms. The molecule has 11 nitrogen and oxygen atoms in total. The summed E-state index contributed by atoms with van der Waals surface area (Å²) in [6.07, 6.45) is -6.86. The number of nitrogens with one attached hydrogen (secondary N) is 1. The maximum Gasteiger partial charge on any atom is 0.335 e. The third-order valence-electron chi connectivity index (χ3n) is 4.92. The van der Waals surface area contributed by atoms with Crippen molar-refractivity contribution in [2.45, 2.75) is 30.7 Å². The van der Waals surface area contributed by atoms with Gasteiger partial charge in [0.05, 0.1) is 5.52 Å². The number of nitrogens with zero attached hydrogens (tertiary/aromatic N) is 3. The van der Waals surface area contributed by atoms with Gasteiger partial charge in [-0.1, -0.05) is 30.3 Å². The highest BCUT2D eigenvalue weighted by Crippen LogP contribution is 2.26. The van der Waals surface area contributed by atoms with Crippen LogP contribution in [0, 0.1) is 0 Å². The van der Waals surface area contributed by atoms with Crippen LogP contribution in [0.3, 0.4) is 0 Å². The van der Waals surface area contributed by atoms with Crippen LogP contribution in [0.2, 0.25) is 0 Å². The van der Waals surface area contributed by atoms with Gasteiger partial charge in [-0.2, -0.15) is 4.98 Å². The number of carbonyl (C=O) groups is 1. The molecule has 4 rings (SSSR count). The molecule has 0 bridgehead atoms. The Morgan fingerprint density at radius 2 is 1.87 bits per heavy atom. The van der Waals surface area contributed by atoms with E-state index in [0.29, 0.717) is 11.2 Å². The van der Waals surface area contributed by atoms with E-state index in [9.17, 15) is 20.1 Å². The quantitative estimate of drug-likeness (QED) is 0.355. The number of carboxylic acids is 1.